The fraction of sp³-hybridized carbons (Fsp3) is 0.588. The van der Waals surface area contributed by atoms with Crippen molar-refractivity contribution < 1.29 is 17.9 Å². The van der Waals surface area contributed by atoms with Crippen LogP contribution in [-0.2, 0) is 30.5 Å². The zero-order chi connectivity index (χ0) is 18.7. The van der Waals surface area contributed by atoms with Gasteiger partial charge in [0.05, 0.1) is 12.0 Å². The Hall–Kier alpha value is 0.843. The fourth-order valence-corrected chi connectivity index (χ4v) is 4.45. The number of hydrogen-bond donors (Lipinski definition) is 0. The third-order valence-electron chi connectivity index (χ3n) is 3.42. The molecule has 0 unspecified atom stereocenters. The standard InChI is InChI=1S/C9H12S.C6H13ClN2S2.C2H4.Ru/c1-6-4-7(2)9(10)8(3)5-6;1-10-8-3-4-9(11-2)6(8)5-7;1-2;/h4-5,10H,1-3H3;6H,3-5H2,1-2H3;1H,2H3;/q;;;+1/p-1. The van der Waals surface area contributed by atoms with E-state index in [0.717, 1.165) is 18.0 Å². The largest absolute Gasteiger partial charge is 0.779 e. The van der Waals surface area contributed by atoms with Gasteiger partial charge in [0.2, 0.25) is 0 Å². The Morgan fingerprint density at radius 3 is 1.83 bits per heavy atom. The van der Waals surface area contributed by atoms with Gasteiger partial charge in [0.25, 0.3) is 0 Å². The van der Waals surface area contributed by atoms with Crippen LogP contribution in [0.2, 0.25) is 0 Å². The second-order valence-electron chi connectivity index (χ2n) is 5.21. The van der Waals surface area contributed by atoms with E-state index in [9.17, 15) is 0 Å². The molecule has 0 bridgehead atoms. The van der Waals surface area contributed by atoms with E-state index in [1.54, 1.807) is 23.9 Å². The summed E-state index contributed by atoms with van der Waals surface area (Å²) in [6, 6.07) is 4.24. The second kappa shape index (κ2) is 14.0. The van der Waals surface area contributed by atoms with E-state index in [1.165, 1.54) is 16.7 Å². The van der Waals surface area contributed by atoms with E-state index in [-0.39, 0.29) is 0 Å². The molecule has 0 aromatic heterocycles. The van der Waals surface area contributed by atoms with Crippen LogP contribution in [0.25, 0.3) is 0 Å². The SMILES string of the molecule is CSN1CCN(SC)C1CCl.C[CH]=[Ru+].Cc1cc(C)c([S-])c(C)c1. The maximum absolute atomic E-state index is 5.84. The van der Waals surface area contributed by atoms with Gasteiger partial charge in [-0.25, -0.2) is 8.61 Å². The molecule has 0 amide bonds. The summed E-state index contributed by atoms with van der Waals surface area (Å²) in [7, 11) is 0. The van der Waals surface area contributed by atoms with Gasteiger partial charge in [-0.15, -0.1) is 11.6 Å². The van der Waals surface area contributed by atoms with Crippen LogP contribution in [0.1, 0.15) is 23.6 Å². The maximum Gasteiger partial charge on any atom is -0.0398 e. The molecule has 2 rings (SSSR count). The summed E-state index contributed by atoms with van der Waals surface area (Å²) in [5.74, 6) is 0.696. The minimum atomic E-state index is 0.418. The number of hydrogen-bond acceptors (Lipinski definition) is 5. The number of aryl methyl sites for hydroxylation is 3. The van der Waals surface area contributed by atoms with Crippen LogP contribution < -0.4 is 0 Å². The van der Waals surface area contributed by atoms with Gasteiger partial charge in [-0.3, -0.25) is 0 Å². The molecule has 7 heteroatoms. The van der Waals surface area contributed by atoms with Crippen LogP contribution in [0, 0.1) is 20.8 Å². The van der Waals surface area contributed by atoms with Crippen molar-refractivity contribution in [3.8, 4) is 0 Å². The summed E-state index contributed by atoms with van der Waals surface area (Å²) in [5.41, 5.74) is 3.73. The first-order valence-corrected chi connectivity index (χ1v) is 12.0. The van der Waals surface area contributed by atoms with Gasteiger partial charge < -0.3 is 12.6 Å². The Kier molecular flexibility index (Phi) is 14.5. The molecule has 1 aliphatic rings. The Balaban J connectivity index is 0.000000381. The smallest absolute Gasteiger partial charge is 0.0398 e. The number of nitrogens with zero attached hydrogens (tertiary/aromatic N) is 2. The molecule has 1 fully saturated rings. The average molecular weight is 493 g/mol. The van der Waals surface area contributed by atoms with E-state index in [1.807, 2.05) is 11.5 Å². The molecule has 1 aromatic carbocycles. The van der Waals surface area contributed by atoms with Gasteiger partial charge in [-0.1, -0.05) is 52.7 Å². The van der Waals surface area contributed by atoms with Crippen molar-refractivity contribution in [2.75, 3.05) is 31.5 Å². The molecule has 1 aromatic rings. The molecule has 0 radical (unpaired) electrons. The summed E-state index contributed by atoms with van der Waals surface area (Å²) < 4.78 is 6.58. The van der Waals surface area contributed by atoms with Crippen molar-refractivity contribution in [2.24, 2.45) is 0 Å². The number of halogens is 1. The topological polar surface area (TPSA) is 6.48 Å². The third kappa shape index (κ3) is 8.48. The molecule has 0 spiro atoms. The monoisotopic (exact) mass is 493 g/mol. The molecule has 139 valence electrons. The van der Waals surface area contributed by atoms with E-state index in [2.05, 4.69) is 71.9 Å². The Bertz CT molecular complexity index is 468. The van der Waals surface area contributed by atoms with Crippen LogP contribution in [0.4, 0.5) is 0 Å². The number of benzene rings is 1. The zero-order valence-corrected chi connectivity index (χ0v) is 20.2. The van der Waals surface area contributed by atoms with Crippen molar-refractivity contribution >= 4 is 52.7 Å². The van der Waals surface area contributed by atoms with Crippen LogP contribution in [0.3, 0.4) is 0 Å². The van der Waals surface area contributed by atoms with Crippen LogP contribution >= 0.6 is 35.5 Å². The predicted octanol–water partition coefficient (Wildman–Crippen LogP) is 4.60. The van der Waals surface area contributed by atoms with Gasteiger partial charge >= 0.3 is 29.4 Å². The first kappa shape index (κ1) is 24.8. The van der Waals surface area contributed by atoms with Crippen molar-refractivity contribution in [1.82, 2.24) is 8.61 Å². The van der Waals surface area contributed by atoms with Crippen molar-refractivity contribution in [2.45, 2.75) is 38.8 Å². The summed E-state index contributed by atoms with van der Waals surface area (Å²) >= 11 is 16.9. The van der Waals surface area contributed by atoms with E-state index in [4.69, 9.17) is 24.2 Å². The summed E-state index contributed by atoms with van der Waals surface area (Å²) in [6.07, 6.45) is 4.62. The normalized spacial score (nSPS) is 15.3. The molecule has 0 saturated carbocycles. The van der Waals surface area contributed by atoms with E-state index >= 15 is 0 Å². The predicted molar refractivity (Wildman–Crippen MR) is 113 cm³/mol. The van der Waals surface area contributed by atoms with Crippen molar-refractivity contribution in [3.63, 3.8) is 0 Å². The summed E-state index contributed by atoms with van der Waals surface area (Å²) in [5, 5.41) is 0. The molecule has 1 aliphatic heterocycles. The van der Waals surface area contributed by atoms with Crippen molar-refractivity contribution in [3.05, 3.63) is 28.8 Å². The Morgan fingerprint density at radius 1 is 1.17 bits per heavy atom. The first-order chi connectivity index (χ1) is 11.4. The molecule has 2 nitrogen and oxygen atoms in total. The quantitative estimate of drug-likeness (QED) is 0.262. The van der Waals surface area contributed by atoms with Crippen LogP contribution in [-0.4, -0.2) is 50.9 Å². The molecular weight excluding hydrogens is 465 g/mol. The molecule has 24 heavy (non-hydrogen) atoms. The van der Waals surface area contributed by atoms with Crippen LogP contribution in [0.15, 0.2) is 17.0 Å². The van der Waals surface area contributed by atoms with E-state index in [0.29, 0.717) is 12.0 Å². The second-order valence-corrected chi connectivity index (χ2v) is 8.60. The molecule has 1 heterocycles. The van der Waals surface area contributed by atoms with E-state index < -0.39 is 0 Å². The minimum Gasteiger partial charge on any atom is -0.779 e. The summed E-state index contributed by atoms with van der Waals surface area (Å²) in [6.45, 7) is 10.4. The third-order valence-corrected chi connectivity index (χ3v) is 6.13. The fourth-order valence-electron chi connectivity index (χ4n) is 2.39. The van der Waals surface area contributed by atoms with Gasteiger partial charge in [0, 0.05) is 13.1 Å². The molecular formula is C17H28ClN2RuS3. The molecule has 0 aliphatic carbocycles. The van der Waals surface area contributed by atoms with Gasteiger partial charge in [-0.2, -0.15) is 4.90 Å². The van der Waals surface area contributed by atoms with Crippen molar-refractivity contribution in [1.29, 1.82) is 0 Å². The number of alkyl halides is 1. The van der Waals surface area contributed by atoms with Crippen LogP contribution in [0.5, 0.6) is 0 Å². The maximum atomic E-state index is 5.84. The number of rotatable bonds is 3. The minimum absolute atomic E-state index is 0.418. The average Bonchev–Trinajstić information content (AvgIpc) is 2.95. The molecule has 0 atom stereocenters. The van der Waals surface area contributed by atoms with Gasteiger partial charge in [0.1, 0.15) is 0 Å². The van der Waals surface area contributed by atoms with Gasteiger partial charge in [0.15, 0.2) is 0 Å². The molecule has 1 saturated heterocycles. The van der Waals surface area contributed by atoms with Gasteiger partial charge in [-0.05, 0) is 33.3 Å². The Morgan fingerprint density at radius 2 is 1.54 bits per heavy atom. The zero-order valence-electron chi connectivity index (χ0n) is 15.3. The first-order valence-electron chi connectivity index (χ1n) is 7.65. The molecule has 0 N–H and O–H groups in total. The summed E-state index contributed by atoms with van der Waals surface area (Å²) in [4.78, 5) is 1.01. The Labute approximate surface area is 177 Å².